The molecule has 0 N–H and O–H groups in total. The lowest BCUT2D eigenvalue weighted by atomic mass is 9.97. The van der Waals surface area contributed by atoms with Crippen molar-refractivity contribution in [3.8, 4) is 0 Å². The van der Waals surface area contributed by atoms with E-state index in [9.17, 15) is 4.79 Å². The second-order valence-electron chi connectivity index (χ2n) is 7.10. The zero-order valence-electron chi connectivity index (χ0n) is 15.7. The first kappa shape index (κ1) is 18.0. The van der Waals surface area contributed by atoms with E-state index in [4.69, 9.17) is 14.2 Å². The van der Waals surface area contributed by atoms with Crippen LogP contribution in [0.25, 0.3) is 0 Å². The summed E-state index contributed by atoms with van der Waals surface area (Å²) in [7, 11) is 1.78. The zero-order valence-corrected chi connectivity index (χ0v) is 15.7. The smallest absolute Gasteiger partial charge is 0.409 e. The fourth-order valence-electron chi connectivity index (χ4n) is 4.08. The zero-order chi connectivity index (χ0) is 18.9. The molecule has 0 bridgehead atoms. The minimum absolute atomic E-state index is 0.0589. The van der Waals surface area contributed by atoms with Crippen molar-refractivity contribution in [2.75, 3.05) is 13.7 Å². The molecule has 27 heavy (non-hydrogen) atoms. The number of ether oxygens (including phenoxy) is 3. The van der Waals surface area contributed by atoms with Crippen molar-refractivity contribution in [2.24, 2.45) is 0 Å². The third-order valence-corrected chi connectivity index (χ3v) is 5.47. The van der Waals surface area contributed by atoms with Gasteiger partial charge in [0.15, 0.2) is 0 Å². The van der Waals surface area contributed by atoms with Crippen molar-refractivity contribution in [3.63, 3.8) is 0 Å². The number of carbonyl (C=O) groups is 1. The van der Waals surface area contributed by atoms with E-state index in [1.807, 2.05) is 67.6 Å². The van der Waals surface area contributed by atoms with Crippen LogP contribution in [0.3, 0.4) is 0 Å². The Hall–Kier alpha value is -2.37. The maximum absolute atomic E-state index is 12.0. The molecule has 4 rings (SSSR count). The predicted octanol–water partition coefficient (Wildman–Crippen LogP) is 3.92. The molecule has 1 saturated heterocycles. The second kappa shape index (κ2) is 7.33. The molecule has 2 fully saturated rings. The summed E-state index contributed by atoms with van der Waals surface area (Å²) in [6.45, 7) is 2.19. The number of rotatable bonds is 4. The minimum atomic E-state index is -0.897. The van der Waals surface area contributed by atoms with E-state index in [-0.39, 0.29) is 24.3 Å². The van der Waals surface area contributed by atoms with Crippen molar-refractivity contribution in [3.05, 3.63) is 71.8 Å². The van der Waals surface area contributed by atoms with Gasteiger partial charge in [-0.05, 0) is 19.8 Å². The average molecular weight is 367 g/mol. The first-order valence-corrected chi connectivity index (χ1v) is 9.50. The van der Waals surface area contributed by atoms with Crippen LogP contribution in [0, 0.1) is 0 Å². The van der Waals surface area contributed by atoms with Crippen molar-refractivity contribution < 1.29 is 19.0 Å². The SMILES string of the molecule is CCOC(=O)N(C)C1C[C@@H]2OC(c3ccccc3)(c3ccccc3)O[C@@H]2C1. The topological polar surface area (TPSA) is 48.0 Å². The lowest BCUT2D eigenvalue weighted by Crippen LogP contribution is -2.38. The van der Waals surface area contributed by atoms with Gasteiger partial charge in [-0.2, -0.15) is 0 Å². The lowest BCUT2D eigenvalue weighted by Gasteiger charge is -2.32. The highest BCUT2D eigenvalue weighted by Gasteiger charge is 2.54. The summed E-state index contributed by atoms with van der Waals surface area (Å²) in [6.07, 6.45) is 1.06. The van der Waals surface area contributed by atoms with Gasteiger partial charge in [-0.3, -0.25) is 0 Å². The van der Waals surface area contributed by atoms with Crippen molar-refractivity contribution in [1.82, 2.24) is 4.90 Å². The van der Waals surface area contributed by atoms with E-state index in [2.05, 4.69) is 0 Å². The number of nitrogens with zero attached hydrogens (tertiary/aromatic N) is 1. The second-order valence-corrected chi connectivity index (χ2v) is 7.10. The van der Waals surface area contributed by atoms with Gasteiger partial charge in [0.25, 0.3) is 0 Å². The summed E-state index contributed by atoms with van der Waals surface area (Å²) in [5, 5.41) is 0. The number of benzene rings is 2. The van der Waals surface area contributed by atoms with Crippen LogP contribution < -0.4 is 0 Å². The maximum Gasteiger partial charge on any atom is 0.409 e. The predicted molar refractivity (Wildman–Crippen MR) is 101 cm³/mol. The molecule has 0 spiro atoms. The number of amides is 1. The van der Waals surface area contributed by atoms with Crippen molar-refractivity contribution in [2.45, 2.75) is 43.8 Å². The van der Waals surface area contributed by atoms with E-state index < -0.39 is 5.79 Å². The summed E-state index contributed by atoms with van der Waals surface area (Å²) < 4.78 is 18.3. The Kier molecular flexibility index (Phi) is 4.89. The van der Waals surface area contributed by atoms with E-state index in [0.717, 1.165) is 24.0 Å². The monoisotopic (exact) mass is 367 g/mol. The molecule has 3 atom stereocenters. The summed E-state index contributed by atoms with van der Waals surface area (Å²) in [5.41, 5.74) is 1.97. The highest BCUT2D eigenvalue weighted by molar-refractivity contribution is 5.67. The van der Waals surface area contributed by atoms with E-state index in [0.29, 0.717) is 6.61 Å². The van der Waals surface area contributed by atoms with E-state index >= 15 is 0 Å². The first-order chi connectivity index (χ1) is 13.1. The van der Waals surface area contributed by atoms with Crippen LogP contribution in [0.5, 0.6) is 0 Å². The normalized spacial score (nSPS) is 25.8. The van der Waals surface area contributed by atoms with Crippen LogP contribution in [0.1, 0.15) is 30.9 Å². The molecule has 2 aliphatic rings. The standard InChI is InChI=1S/C22H25NO4/c1-3-25-21(24)23(2)18-14-19-20(15-18)27-22(26-19,16-10-6-4-7-11-16)17-12-8-5-9-13-17/h4-13,18-20H,3,14-15H2,1-2H3/t18?,19-,20+. The molecule has 5 heteroatoms. The Balaban J connectivity index is 1.58. The van der Waals surface area contributed by atoms with Gasteiger partial charge < -0.3 is 19.1 Å². The van der Waals surface area contributed by atoms with Gasteiger partial charge >= 0.3 is 6.09 Å². The summed E-state index contributed by atoms with van der Waals surface area (Å²) in [4.78, 5) is 13.7. The van der Waals surface area contributed by atoms with Gasteiger partial charge in [0.1, 0.15) is 0 Å². The molecule has 1 unspecified atom stereocenters. The van der Waals surface area contributed by atoms with Crippen LogP contribution >= 0.6 is 0 Å². The molecule has 1 heterocycles. The molecular formula is C22H25NO4. The Labute approximate surface area is 159 Å². The van der Waals surface area contributed by atoms with Crippen molar-refractivity contribution >= 4 is 6.09 Å². The third kappa shape index (κ3) is 3.22. The number of hydrogen-bond donors (Lipinski definition) is 0. The highest BCUT2D eigenvalue weighted by atomic mass is 16.8. The highest BCUT2D eigenvalue weighted by Crippen LogP contribution is 2.48. The van der Waals surface area contributed by atoms with Gasteiger partial charge in [0, 0.05) is 24.2 Å². The Bertz CT molecular complexity index is 724. The molecular weight excluding hydrogens is 342 g/mol. The fraction of sp³-hybridized carbons (Fsp3) is 0.409. The fourth-order valence-corrected chi connectivity index (χ4v) is 4.08. The quantitative estimate of drug-likeness (QED) is 0.822. The summed E-state index contributed by atoms with van der Waals surface area (Å²) >= 11 is 0. The largest absolute Gasteiger partial charge is 0.450 e. The van der Waals surface area contributed by atoms with Crippen LogP contribution in [-0.4, -0.2) is 42.9 Å². The maximum atomic E-state index is 12.0. The van der Waals surface area contributed by atoms with Gasteiger partial charge in [0.2, 0.25) is 5.79 Å². The van der Waals surface area contributed by atoms with Crippen LogP contribution in [-0.2, 0) is 20.0 Å². The van der Waals surface area contributed by atoms with Crippen LogP contribution in [0.15, 0.2) is 60.7 Å². The van der Waals surface area contributed by atoms with Crippen molar-refractivity contribution in [1.29, 1.82) is 0 Å². The molecule has 142 valence electrons. The Morgan fingerprint density at radius 3 is 1.93 bits per heavy atom. The van der Waals surface area contributed by atoms with Gasteiger partial charge in [0.05, 0.1) is 18.8 Å². The number of fused-ring (bicyclic) bond motifs is 1. The number of carbonyl (C=O) groups excluding carboxylic acids is 1. The molecule has 1 aliphatic carbocycles. The Morgan fingerprint density at radius 2 is 1.48 bits per heavy atom. The van der Waals surface area contributed by atoms with E-state index in [1.54, 1.807) is 11.9 Å². The van der Waals surface area contributed by atoms with Crippen LogP contribution in [0.4, 0.5) is 4.79 Å². The third-order valence-electron chi connectivity index (χ3n) is 5.47. The first-order valence-electron chi connectivity index (χ1n) is 9.50. The Morgan fingerprint density at radius 1 is 1.00 bits per heavy atom. The molecule has 5 nitrogen and oxygen atoms in total. The molecule has 2 aromatic carbocycles. The molecule has 2 aromatic rings. The summed E-state index contributed by atoms with van der Waals surface area (Å²) in [6, 6.07) is 20.2. The molecule has 1 amide bonds. The molecule has 0 radical (unpaired) electrons. The van der Waals surface area contributed by atoms with Gasteiger partial charge in [-0.15, -0.1) is 0 Å². The molecule has 0 aromatic heterocycles. The number of hydrogen-bond acceptors (Lipinski definition) is 4. The van der Waals surface area contributed by atoms with E-state index in [1.165, 1.54) is 0 Å². The minimum Gasteiger partial charge on any atom is -0.450 e. The molecule has 1 saturated carbocycles. The average Bonchev–Trinajstić information content (AvgIpc) is 3.26. The summed E-state index contributed by atoms with van der Waals surface area (Å²) in [5.74, 6) is -0.897. The lowest BCUT2D eigenvalue weighted by molar-refractivity contribution is -0.158. The van der Waals surface area contributed by atoms with Crippen LogP contribution in [0.2, 0.25) is 0 Å². The van der Waals surface area contributed by atoms with Gasteiger partial charge in [-0.25, -0.2) is 4.79 Å². The molecule has 1 aliphatic heterocycles. The van der Waals surface area contributed by atoms with Gasteiger partial charge in [-0.1, -0.05) is 60.7 Å².